The molecule has 1 unspecified atom stereocenters. The number of hydrogen-bond donors (Lipinski definition) is 3. The fraction of sp³-hybridized carbons (Fsp3) is 0.533. The topological polar surface area (TPSA) is 92.4 Å². The number of benzene rings is 1. The fourth-order valence-electron chi connectivity index (χ4n) is 1.97. The summed E-state index contributed by atoms with van der Waals surface area (Å²) >= 11 is 5.60. The van der Waals surface area contributed by atoms with Crippen LogP contribution in [-0.4, -0.2) is 33.0 Å². The molecule has 4 N–H and O–H groups in total. The van der Waals surface area contributed by atoms with E-state index in [-0.39, 0.29) is 6.42 Å². The van der Waals surface area contributed by atoms with Crippen LogP contribution in [0.4, 0.5) is 5.69 Å². The lowest BCUT2D eigenvalue weighted by Crippen LogP contribution is -2.32. The van der Waals surface area contributed by atoms with Crippen molar-refractivity contribution < 1.29 is 14.1 Å². The second kappa shape index (κ2) is 10.6. The molecule has 124 valence electrons. The lowest BCUT2D eigenvalue weighted by Gasteiger charge is -2.10. The highest BCUT2D eigenvalue weighted by Gasteiger charge is 2.12. The van der Waals surface area contributed by atoms with Gasteiger partial charge in [0.25, 0.3) is 0 Å². The van der Waals surface area contributed by atoms with Gasteiger partial charge >= 0.3 is 5.97 Å². The number of carboxylic acid groups (broad SMARTS) is 1. The zero-order valence-electron chi connectivity index (χ0n) is 12.5. The zero-order valence-corrected chi connectivity index (χ0v) is 14.0. The van der Waals surface area contributed by atoms with E-state index in [1.54, 1.807) is 18.2 Å². The number of nitrogens with two attached hydrogens (primary N) is 1. The minimum Gasteiger partial charge on any atom is -0.480 e. The number of carboxylic acids is 1. The average Bonchev–Trinajstić information content (AvgIpc) is 2.47. The molecule has 22 heavy (non-hydrogen) atoms. The maximum absolute atomic E-state index is 11.9. The van der Waals surface area contributed by atoms with Gasteiger partial charge < -0.3 is 15.6 Å². The molecule has 0 spiro atoms. The number of carbonyl (C=O) groups is 1. The molecule has 7 heteroatoms. The highest BCUT2D eigenvalue weighted by Crippen LogP contribution is 2.13. The van der Waals surface area contributed by atoms with E-state index in [1.165, 1.54) is 0 Å². The predicted molar refractivity (Wildman–Crippen MR) is 91.6 cm³/mol. The van der Waals surface area contributed by atoms with Crippen LogP contribution in [0, 0.1) is 0 Å². The summed E-state index contributed by atoms with van der Waals surface area (Å²) in [5.41, 5.74) is 7.04. The molecule has 0 aromatic heterocycles. The summed E-state index contributed by atoms with van der Waals surface area (Å²) in [5.74, 6) is 0.229. The Morgan fingerprint density at radius 2 is 2.05 bits per heavy atom. The third-order valence-electron chi connectivity index (χ3n) is 3.14. The zero-order chi connectivity index (χ0) is 16.4. The van der Waals surface area contributed by atoms with Crippen molar-refractivity contribution in [2.24, 2.45) is 5.73 Å². The Bertz CT molecular complexity index is 499. The van der Waals surface area contributed by atoms with Crippen molar-refractivity contribution in [3.05, 3.63) is 29.8 Å². The van der Waals surface area contributed by atoms with E-state index < -0.39 is 23.0 Å². The molecule has 1 rings (SSSR count). The van der Waals surface area contributed by atoms with E-state index in [2.05, 4.69) is 4.72 Å². The summed E-state index contributed by atoms with van der Waals surface area (Å²) in [6, 6.07) is 6.27. The number of nitrogens with one attached hydrogen (secondary N) is 1. The van der Waals surface area contributed by atoms with Gasteiger partial charge in [-0.15, -0.1) is 11.6 Å². The lowest BCUT2D eigenvalue weighted by molar-refractivity contribution is -0.138. The van der Waals surface area contributed by atoms with Gasteiger partial charge in [-0.25, -0.2) is 4.21 Å². The van der Waals surface area contributed by atoms with Gasteiger partial charge in [-0.1, -0.05) is 25.0 Å². The van der Waals surface area contributed by atoms with E-state index in [0.29, 0.717) is 17.3 Å². The Morgan fingerprint density at radius 1 is 1.32 bits per heavy atom. The Kier molecular flexibility index (Phi) is 9.11. The molecular weight excluding hydrogens is 324 g/mol. The minimum absolute atomic E-state index is 0.246. The molecule has 0 radical (unpaired) electrons. The maximum Gasteiger partial charge on any atom is 0.320 e. The van der Waals surface area contributed by atoms with Crippen molar-refractivity contribution in [3.8, 4) is 0 Å². The summed E-state index contributed by atoms with van der Waals surface area (Å²) in [7, 11) is -1.14. The van der Waals surface area contributed by atoms with Crippen molar-refractivity contribution >= 4 is 34.2 Å². The SMILES string of the molecule is N[C@@H](Cc1cccc(NS(=O)CCCCCCCl)c1)C(=O)O. The van der Waals surface area contributed by atoms with Crippen LogP contribution in [0.2, 0.25) is 0 Å². The smallest absolute Gasteiger partial charge is 0.320 e. The number of aliphatic carboxylic acids is 1. The first-order chi connectivity index (χ1) is 10.5. The van der Waals surface area contributed by atoms with Gasteiger partial charge in [0, 0.05) is 17.3 Å². The minimum atomic E-state index is -1.14. The first kappa shape index (κ1) is 18.9. The highest BCUT2D eigenvalue weighted by atomic mass is 35.5. The molecule has 0 aliphatic carbocycles. The van der Waals surface area contributed by atoms with Crippen LogP contribution in [0.1, 0.15) is 31.2 Å². The number of alkyl halides is 1. The van der Waals surface area contributed by atoms with Crippen molar-refractivity contribution in [1.82, 2.24) is 0 Å². The summed E-state index contributed by atoms with van der Waals surface area (Å²) in [5, 5.41) is 8.82. The van der Waals surface area contributed by atoms with Gasteiger partial charge in [-0.3, -0.25) is 4.79 Å². The number of rotatable bonds is 11. The third kappa shape index (κ3) is 7.77. The Hall–Kier alpha value is -1.11. The van der Waals surface area contributed by atoms with E-state index in [1.807, 2.05) is 6.07 Å². The van der Waals surface area contributed by atoms with Crippen LogP contribution in [-0.2, 0) is 22.2 Å². The van der Waals surface area contributed by atoms with Gasteiger partial charge in [-0.05, 0) is 37.0 Å². The fourth-order valence-corrected chi connectivity index (χ4v) is 3.11. The molecular formula is C15H23ClN2O3S. The molecule has 0 amide bonds. The van der Waals surface area contributed by atoms with Crippen molar-refractivity contribution in [3.63, 3.8) is 0 Å². The molecule has 0 aliphatic rings. The molecule has 5 nitrogen and oxygen atoms in total. The van der Waals surface area contributed by atoms with Gasteiger partial charge in [0.15, 0.2) is 0 Å². The van der Waals surface area contributed by atoms with Crippen LogP contribution in [0.3, 0.4) is 0 Å². The van der Waals surface area contributed by atoms with E-state index in [4.69, 9.17) is 22.4 Å². The van der Waals surface area contributed by atoms with Crippen molar-refractivity contribution in [2.45, 2.75) is 38.1 Å². The molecule has 0 bridgehead atoms. The number of hydrogen-bond acceptors (Lipinski definition) is 3. The number of unbranched alkanes of at least 4 members (excludes halogenated alkanes) is 3. The summed E-state index contributed by atoms with van der Waals surface area (Å²) in [4.78, 5) is 10.8. The first-order valence-corrected chi connectivity index (χ1v) is 9.16. The van der Waals surface area contributed by atoms with Gasteiger partial charge in [0.05, 0.1) is 0 Å². The van der Waals surface area contributed by atoms with Gasteiger partial charge in [-0.2, -0.15) is 0 Å². The Balaban J connectivity index is 2.42. The van der Waals surface area contributed by atoms with Crippen LogP contribution in [0.15, 0.2) is 24.3 Å². The highest BCUT2D eigenvalue weighted by molar-refractivity contribution is 7.86. The average molecular weight is 347 g/mol. The Labute approximate surface area is 138 Å². The standard InChI is InChI=1S/C15H23ClN2O3S/c16-8-3-1-2-4-9-22(21)18-13-7-5-6-12(10-13)11-14(17)15(19)20/h5-7,10,14,18H,1-4,8-9,11,17H2,(H,19,20)/t14-,22?/m0/s1. The normalized spacial score (nSPS) is 13.5. The number of anilines is 1. The van der Waals surface area contributed by atoms with Crippen LogP contribution < -0.4 is 10.5 Å². The first-order valence-electron chi connectivity index (χ1n) is 7.31. The van der Waals surface area contributed by atoms with E-state index in [0.717, 1.165) is 31.2 Å². The molecule has 1 aromatic rings. The third-order valence-corrected chi connectivity index (χ3v) is 4.53. The summed E-state index contributed by atoms with van der Waals surface area (Å²) in [6.45, 7) is 0. The Morgan fingerprint density at radius 3 is 2.73 bits per heavy atom. The molecule has 0 fully saturated rings. The van der Waals surface area contributed by atoms with Gasteiger partial charge in [0.2, 0.25) is 0 Å². The molecule has 0 heterocycles. The maximum atomic E-state index is 11.9. The van der Waals surface area contributed by atoms with E-state index >= 15 is 0 Å². The predicted octanol–water partition coefficient (Wildman–Crippen LogP) is 2.52. The second-order valence-corrected chi connectivity index (χ2v) is 6.79. The quantitative estimate of drug-likeness (QED) is 0.424. The second-order valence-electron chi connectivity index (χ2n) is 5.10. The molecule has 0 saturated heterocycles. The largest absolute Gasteiger partial charge is 0.480 e. The molecule has 0 aliphatic heterocycles. The number of halogens is 1. The van der Waals surface area contributed by atoms with Crippen LogP contribution in [0.25, 0.3) is 0 Å². The summed E-state index contributed by atoms with van der Waals surface area (Å²) < 4.78 is 14.9. The lowest BCUT2D eigenvalue weighted by atomic mass is 10.1. The molecule has 2 atom stereocenters. The van der Waals surface area contributed by atoms with Crippen LogP contribution >= 0.6 is 11.6 Å². The molecule has 0 saturated carbocycles. The monoisotopic (exact) mass is 346 g/mol. The summed E-state index contributed by atoms with van der Waals surface area (Å²) in [6.07, 6.45) is 4.21. The van der Waals surface area contributed by atoms with E-state index in [9.17, 15) is 9.00 Å². The van der Waals surface area contributed by atoms with Crippen LogP contribution in [0.5, 0.6) is 0 Å². The van der Waals surface area contributed by atoms with Crippen molar-refractivity contribution in [1.29, 1.82) is 0 Å². The van der Waals surface area contributed by atoms with Crippen molar-refractivity contribution in [2.75, 3.05) is 16.4 Å². The van der Waals surface area contributed by atoms with Gasteiger partial charge in [0.1, 0.15) is 17.0 Å². The molecule has 1 aromatic carbocycles.